The number of nitrogens with one attached hydrogen (secondary N) is 1. The molecule has 21 heavy (non-hydrogen) atoms. The van der Waals surface area contributed by atoms with E-state index >= 15 is 0 Å². The molecular weight excluding hydrogens is 310 g/mol. The highest BCUT2D eigenvalue weighted by Gasteiger charge is 2.21. The van der Waals surface area contributed by atoms with Gasteiger partial charge in [-0.15, -0.1) is 11.3 Å². The molecule has 1 aromatic carbocycles. The van der Waals surface area contributed by atoms with Crippen molar-refractivity contribution >= 4 is 43.0 Å². The van der Waals surface area contributed by atoms with Gasteiger partial charge in [0, 0.05) is 18.2 Å². The topological polar surface area (TPSA) is 102 Å². The number of benzene rings is 1. The number of hydrogen-bond donors (Lipinski definition) is 2. The smallest absolute Gasteiger partial charge is 0.221 e. The van der Waals surface area contributed by atoms with Crippen molar-refractivity contribution in [2.75, 3.05) is 11.5 Å². The molecule has 114 valence electrons. The van der Waals surface area contributed by atoms with Gasteiger partial charge in [-0.25, -0.2) is 13.4 Å². The summed E-state index contributed by atoms with van der Waals surface area (Å²) in [4.78, 5) is 15.6. The van der Waals surface area contributed by atoms with Crippen LogP contribution in [0.2, 0.25) is 0 Å². The maximum atomic E-state index is 12.2. The Hall–Kier alpha value is -1.67. The van der Waals surface area contributed by atoms with Crippen LogP contribution in [0, 0.1) is 0 Å². The van der Waals surface area contributed by atoms with Gasteiger partial charge < -0.3 is 11.1 Å². The van der Waals surface area contributed by atoms with E-state index < -0.39 is 9.84 Å². The van der Waals surface area contributed by atoms with Gasteiger partial charge in [0.15, 0.2) is 0 Å². The van der Waals surface area contributed by atoms with Gasteiger partial charge in [-0.2, -0.15) is 0 Å². The van der Waals surface area contributed by atoms with Crippen LogP contribution in [-0.2, 0) is 14.6 Å². The van der Waals surface area contributed by atoms with Gasteiger partial charge in [-0.3, -0.25) is 4.79 Å². The second-order valence-corrected chi connectivity index (χ2v) is 8.31. The molecule has 0 spiro atoms. The molecule has 0 radical (unpaired) electrons. The highest BCUT2D eigenvalue weighted by molar-refractivity contribution is 7.93. The Bertz CT molecular complexity index is 766. The zero-order valence-corrected chi connectivity index (χ0v) is 13.4. The highest BCUT2D eigenvalue weighted by Crippen LogP contribution is 2.27. The van der Waals surface area contributed by atoms with E-state index in [2.05, 4.69) is 10.3 Å². The van der Waals surface area contributed by atoms with E-state index in [1.165, 1.54) is 0 Å². The number of nitrogens with two attached hydrogens (primary N) is 1. The minimum Gasteiger partial charge on any atom is -0.399 e. The molecule has 0 aliphatic carbocycles. The van der Waals surface area contributed by atoms with Gasteiger partial charge in [0.25, 0.3) is 0 Å². The Balaban J connectivity index is 2.16. The first-order valence-electron chi connectivity index (χ1n) is 6.46. The molecule has 2 rings (SSSR count). The van der Waals surface area contributed by atoms with Crippen LogP contribution in [0.3, 0.4) is 0 Å². The third kappa shape index (κ3) is 3.92. The number of anilines is 1. The molecular formula is C13H17N3O3S2. The lowest BCUT2D eigenvalue weighted by atomic mass is 10.3. The van der Waals surface area contributed by atoms with Gasteiger partial charge in [0.1, 0.15) is 0 Å². The molecule has 0 atom stereocenters. The molecule has 0 aliphatic rings. The highest BCUT2D eigenvalue weighted by atomic mass is 32.2. The standard InChI is InChI=1S/C13H17N3O3S2/c1-8(2)15-12(17)5-6-21(18,19)13-16-10-4-3-9(14)7-11(10)20-13/h3-4,7-8H,5-6,14H2,1-2H3,(H,15,17). The molecule has 3 N–H and O–H groups in total. The summed E-state index contributed by atoms with van der Waals surface area (Å²) >= 11 is 1.07. The SMILES string of the molecule is CC(C)NC(=O)CCS(=O)(=O)c1nc2ccc(N)cc2s1. The molecule has 0 saturated heterocycles. The Morgan fingerprint density at radius 3 is 2.81 bits per heavy atom. The molecule has 2 aromatic rings. The van der Waals surface area contributed by atoms with E-state index in [1.807, 2.05) is 13.8 Å². The van der Waals surface area contributed by atoms with Crippen LogP contribution in [0.5, 0.6) is 0 Å². The summed E-state index contributed by atoms with van der Waals surface area (Å²) in [6.07, 6.45) is -0.0709. The van der Waals surface area contributed by atoms with Crippen LogP contribution in [0.25, 0.3) is 10.2 Å². The fourth-order valence-electron chi connectivity index (χ4n) is 1.76. The summed E-state index contributed by atoms with van der Waals surface area (Å²) in [6, 6.07) is 5.04. The van der Waals surface area contributed by atoms with E-state index in [1.54, 1.807) is 18.2 Å². The maximum absolute atomic E-state index is 12.2. The number of carbonyl (C=O) groups is 1. The lowest BCUT2D eigenvalue weighted by molar-refractivity contribution is -0.121. The molecule has 0 unspecified atom stereocenters. The molecule has 0 fully saturated rings. The average molecular weight is 327 g/mol. The van der Waals surface area contributed by atoms with Crippen LogP contribution < -0.4 is 11.1 Å². The van der Waals surface area contributed by atoms with Gasteiger partial charge in [0.2, 0.25) is 20.1 Å². The van der Waals surface area contributed by atoms with E-state index in [0.717, 1.165) is 16.0 Å². The number of fused-ring (bicyclic) bond motifs is 1. The van der Waals surface area contributed by atoms with Crippen molar-refractivity contribution in [3.05, 3.63) is 18.2 Å². The zero-order chi connectivity index (χ0) is 15.6. The monoisotopic (exact) mass is 327 g/mol. The first-order chi connectivity index (χ1) is 9.78. The Morgan fingerprint density at radius 2 is 2.14 bits per heavy atom. The summed E-state index contributed by atoms with van der Waals surface area (Å²) in [5, 5.41) is 2.66. The summed E-state index contributed by atoms with van der Waals surface area (Å²) in [5.74, 6) is -0.528. The largest absolute Gasteiger partial charge is 0.399 e. The Labute approximate surface area is 127 Å². The first kappa shape index (κ1) is 15.7. The number of amides is 1. The number of carbonyl (C=O) groups excluding carboxylic acids is 1. The number of nitrogens with zero attached hydrogens (tertiary/aromatic N) is 1. The van der Waals surface area contributed by atoms with Crippen LogP contribution in [0.15, 0.2) is 22.5 Å². The maximum Gasteiger partial charge on any atom is 0.221 e. The zero-order valence-electron chi connectivity index (χ0n) is 11.8. The molecule has 0 bridgehead atoms. The first-order valence-corrected chi connectivity index (χ1v) is 8.93. The number of rotatable bonds is 5. The van der Waals surface area contributed by atoms with E-state index in [0.29, 0.717) is 11.2 Å². The second-order valence-electron chi connectivity index (χ2n) is 5.00. The fourth-order valence-corrected chi connectivity index (χ4v) is 4.40. The molecule has 0 saturated carbocycles. The van der Waals surface area contributed by atoms with Gasteiger partial charge in [0.05, 0.1) is 16.0 Å². The van der Waals surface area contributed by atoms with E-state index in [-0.39, 0.29) is 28.5 Å². The number of nitrogen functional groups attached to an aromatic ring is 1. The third-order valence-electron chi connectivity index (χ3n) is 2.71. The molecule has 6 nitrogen and oxygen atoms in total. The summed E-state index contributed by atoms with van der Waals surface area (Å²) in [5.41, 5.74) is 6.82. The van der Waals surface area contributed by atoms with Crippen LogP contribution in [0.4, 0.5) is 5.69 Å². The van der Waals surface area contributed by atoms with E-state index in [9.17, 15) is 13.2 Å². The molecule has 8 heteroatoms. The number of hydrogen-bond acceptors (Lipinski definition) is 6. The second kappa shape index (κ2) is 5.98. The quantitative estimate of drug-likeness (QED) is 0.812. The summed E-state index contributed by atoms with van der Waals surface area (Å²) in [6.45, 7) is 3.65. The molecule has 0 aliphatic heterocycles. The van der Waals surface area contributed by atoms with Crippen molar-refractivity contribution in [3.8, 4) is 0 Å². The average Bonchev–Trinajstić information content (AvgIpc) is 2.79. The van der Waals surface area contributed by atoms with Crippen molar-refractivity contribution < 1.29 is 13.2 Å². The van der Waals surface area contributed by atoms with Gasteiger partial charge >= 0.3 is 0 Å². The lowest BCUT2D eigenvalue weighted by Gasteiger charge is -2.07. The Kier molecular flexibility index (Phi) is 4.48. The van der Waals surface area contributed by atoms with Crippen LogP contribution in [0.1, 0.15) is 20.3 Å². The van der Waals surface area contributed by atoms with Crippen molar-refractivity contribution in [3.63, 3.8) is 0 Å². The predicted octanol–water partition coefficient (Wildman–Crippen LogP) is 1.57. The van der Waals surface area contributed by atoms with E-state index in [4.69, 9.17) is 5.73 Å². The van der Waals surface area contributed by atoms with Gasteiger partial charge in [-0.1, -0.05) is 0 Å². The lowest BCUT2D eigenvalue weighted by Crippen LogP contribution is -2.31. The summed E-state index contributed by atoms with van der Waals surface area (Å²) in [7, 11) is -3.56. The van der Waals surface area contributed by atoms with Crippen molar-refractivity contribution in [1.29, 1.82) is 0 Å². The number of thiazole rings is 1. The Morgan fingerprint density at radius 1 is 1.43 bits per heavy atom. The molecule has 1 aromatic heterocycles. The normalized spacial score (nSPS) is 12.0. The minimum atomic E-state index is -3.56. The van der Waals surface area contributed by atoms with Crippen molar-refractivity contribution in [2.24, 2.45) is 0 Å². The number of aromatic nitrogens is 1. The molecule has 1 heterocycles. The molecule has 1 amide bonds. The third-order valence-corrected chi connectivity index (χ3v) is 5.90. The minimum absolute atomic E-state index is 0.00868. The van der Waals surface area contributed by atoms with Crippen molar-refractivity contribution in [2.45, 2.75) is 30.6 Å². The number of sulfone groups is 1. The summed E-state index contributed by atoms with van der Waals surface area (Å²) < 4.78 is 25.2. The van der Waals surface area contributed by atoms with Gasteiger partial charge in [-0.05, 0) is 32.0 Å². The van der Waals surface area contributed by atoms with Crippen LogP contribution >= 0.6 is 11.3 Å². The van der Waals surface area contributed by atoms with Crippen LogP contribution in [-0.4, -0.2) is 31.1 Å². The predicted molar refractivity (Wildman–Crippen MR) is 84.0 cm³/mol. The fraction of sp³-hybridized carbons (Fsp3) is 0.385. The van der Waals surface area contributed by atoms with Crippen molar-refractivity contribution in [1.82, 2.24) is 10.3 Å².